The third kappa shape index (κ3) is 3.74. The lowest BCUT2D eigenvalue weighted by atomic mass is 10.1. The largest absolute Gasteiger partial charge is 0.457 e. The fraction of sp³-hybridized carbons (Fsp3) is 0. The maximum absolute atomic E-state index is 13.2. The summed E-state index contributed by atoms with van der Waals surface area (Å²) in [4.78, 5) is 37.9. The zero-order chi connectivity index (χ0) is 20.5. The number of nitrogens with zero attached hydrogens (tertiary/aromatic N) is 1. The molecule has 0 spiro atoms. The SMILES string of the molecule is O=C1NC(=O)N(c2ccc(F)cc2)C(=O)/C1=C/c1ccc(-c2cccc(Br)c2)o1. The predicted octanol–water partition coefficient (Wildman–Crippen LogP) is 4.51. The van der Waals surface area contributed by atoms with E-state index in [0.717, 1.165) is 27.1 Å². The van der Waals surface area contributed by atoms with Crippen molar-refractivity contribution in [3.63, 3.8) is 0 Å². The molecule has 1 N–H and O–H groups in total. The first kappa shape index (κ1) is 18.8. The molecule has 1 aromatic heterocycles. The van der Waals surface area contributed by atoms with Gasteiger partial charge in [0.2, 0.25) is 0 Å². The summed E-state index contributed by atoms with van der Waals surface area (Å²) in [7, 11) is 0. The second-order valence-corrected chi connectivity index (χ2v) is 7.06. The highest BCUT2D eigenvalue weighted by Crippen LogP contribution is 2.27. The molecule has 0 radical (unpaired) electrons. The number of rotatable bonds is 3. The van der Waals surface area contributed by atoms with Crippen LogP contribution in [-0.4, -0.2) is 17.8 Å². The highest BCUT2D eigenvalue weighted by atomic mass is 79.9. The molecule has 6 nitrogen and oxygen atoms in total. The fourth-order valence-electron chi connectivity index (χ4n) is 2.85. The summed E-state index contributed by atoms with van der Waals surface area (Å²) in [6, 6.07) is 14.7. The van der Waals surface area contributed by atoms with Crippen molar-refractivity contribution in [2.75, 3.05) is 4.90 Å². The fourth-order valence-corrected chi connectivity index (χ4v) is 3.25. The Labute approximate surface area is 172 Å². The normalized spacial score (nSPS) is 15.7. The van der Waals surface area contributed by atoms with Crippen LogP contribution >= 0.6 is 15.9 Å². The van der Waals surface area contributed by atoms with E-state index in [2.05, 4.69) is 21.2 Å². The molecule has 1 aliphatic heterocycles. The maximum atomic E-state index is 13.2. The number of imide groups is 2. The quantitative estimate of drug-likeness (QED) is 0.466. The van der Waals surface area contributed by atoms with E-state index < -0.39 is 23.7 Å². The molecule has 1 aliphatic rings. The predicted molar refractivity (Wildman–Crippen MR) is 107 cm³/mol. The van der Waals surface area contributed by atoms with Crippen molar-refractivity contribution in [3.8, 4) is 11.3 Å². The molecule has 0 saturated carbocycles. The summed E-state index contributed by atoms with van der Waals surface area (Å²) in [6.07, 6.45) is 1.27. The number of hydrogen-bond acceptors (Lipinski definition) is 4. The van der Waals surface area contributed by atoms with E-state index in [9.17, 15) is 18.8 Å². The molecule has 0 atom stereocenters. The molecular formula is C21H12BrFN2O4. The van der Waals surface area contributed by atoms with Crippen LogP contribution in [0.4, 0.5) is 14.9 Å². The van der Waals surface area contributed by atoms with Gasteiger partial charge >= 0.3 is 6.03 Å². The van der Waals surface area contributed by atoms with Crippen LogP contribution in [0.1, 0.15) is 5.76 Å². The van der Waals surface area contributed by atoms with Gasteiger partial charge in [0.05, 0.1) is 5.69 Å². The van der Waals surface area contributed by atoms with Gasteiger partial charge in [-0.1, -0.05) is 28.1 Å². The average molecular weight is 455 g/mol. The van der Waals surface area contributed by atoms with Gasteiger partial charge in [-0.3, -0.25) is 14.9 Å². The van der Waals surface area contributed by atoms with Crippen molar-refractivity contribution >= 4 is 45.5 Å². The Morgan fingerprint density at radius 2 is 1.76 bits per heavy atom. The molecule has 8 heteroatoms. The molecule has 3 aromatic rings. The monoisotopic (exact) mass is 454 g/mol. The van der Waals surface area contributed by atoms with Gasteiger partial charge < -0.3 is 4.42 Å². The van der Waals surface area contributed by atoms with Crippen LogP contribution in [0.5, 0.6) is 0 Å². The molecule has 1 fully saturated rings. The van der Waals surface area contributed by atoms with Crippen LogP contribution in [0, 0.1) is 5.82 Å². The molecule has 2 aromatic carbocycles. The molecule has 2 heterocycles. The van der Waals surface area contributed by atoms with Crippen LogP contribution < -0.4 is 10.2 Å². The van der Waals surface area contributed by atoms with Gasteiger partial charge in [0.1, 0.15) is 22.9 Å². The van der Waals surface area contributed by atoms with E-state index in [1.54, 1.807) is 12.1 Å². The minimum atomic E-state index is -0.905. The zero-order valence-corrected chi connectivity index (χ0v) is 16.3. The Bertz CT molecular complexity index is 1170. The second-order valence-electron chi connectivity index (χ2n) is 6.15. The molecule has 0 unspecified atom stereocenters. The summed E-state index contributed by atoms with van der Waals surface area (Å²) in [5.74, 6) is -1.36. The molecule has 0 bridgehead atoms. The third-order valence-corrected chi connectivity index (χ3v) is 4.70. The lowest BCUT2D eigenvalue weighted by Crippen LogP contribution is -2.54. The van der Waals surface area contributed by atoms with Crippen molar-refractivity contribution in [1.29, 1.82) is 0 Å². The van der Waals surface area contributed by atoms with Gasteiger partial charge in [0.15, 0.2) is 0 Å². The van der Waals surface area contributed by atoms with Crippen molar-refractivity contribution in [3.05, 3.63) is 82.3 Å². The van der Waals surface area contributed by atoms with E-state index in [1.165, 1.54) is 18.2 Å². The zero-order valence-electron chi connectivity index (χ0n) is 14.7. The Morgan fingerprint density at radius 1 is 1.00 bits per heavy atom. The molecule has 0 aliphatic carbocycles. The second kappa shape index (κ2) is 7.48. The molecule has 4 rings (SSSR count). The Morgan fingerprint density at radius 3 is 2.48 bits per heavy atom. The summed E-state index contributed by atoms with van der Waals surface area (Å²) in [5.41, 5.74) is 0.678. The number of anilines is 1. The number of amides is 4. The highest BCUT2D eigenvalue weighted by molar-refractivity contribution is 9.10. The first-order valence-electron chi connectivity index (χ1n) is 8.45. The van der Waals surface area contributed by atoms with Crippen LogP contribution in [0.2, 0.25) is 0 Å². The average Bonchev–Trinajstić information content (AvgIpc) is 3.15. The minimum absolute atomic E-state index is 0.140. The van der Waals surface area contributed by atoms with Gasteiger partial charge in [-0.2, -0.15) is 0 Å². The number of hydrogen-bond donors (Lipinski definition) is 1. The first-order valence-corrected chi connectivity index (χ1v) is 9.24. The van der Waals surface area contributed by atoms with Gasteiger partial charge in [-0.15, -0.1) is 0 Å². The highest BCUT2D eigenvalue weighted by Gasteiger charge is 2.37. The van der Waals surface area contributed by atoms with Crippen LogP contribution in [0.15, 0.2) is 75.1 Å². The lowest BCUT2D eigenvalue weighted by Gasteiger charge is -2.26. The van der Waals surface area contributed by atoms with E-state index >= 15 is 0 Å². The summed E-state index contributed by atoms with van der Waals surface area (Å²) >= 11 is 3.39. The smallest absolute Gasteiger partial charge is 0.335 e. The van der Waals surface area contributed by atoms with Crippen LogP contribution in [0.25, 0.3) is 17.4 Å². The number of carbonyl (C=O) groups excluding carboxylic acids is 3. The first-order chi connectivity index (χ1) is 13.9. The number of halogens is 2. The van der Waals surface area contributed by atoms with Gasteiger partial charge in [-0.05, 0) is 54.6 Å². The molecule has 29 heavy (non-hydrogen) atoms. The van der Waals surface area contributed by atoms with Crippen molar-refractivity contribution in [2.24, 2.45) is 0 Å². The molecule has 1 saturated heterocycles. The van der Waals surface area contributed by atoms with E-state index in [-0.39, 0.29) is 17.0 Å². The minimum Gasteiger partial charge on any atom is -0.457 e. The summed E-state index contributed by atoms with van der Waals surface area (Å²) < 4.78 is 19.8. The number of urea groups is 1. The molecular weight excluding hydrogens is 443 g/mol. The van der Waals surface area contributed by atoms with E-state index in [1.807, 2.05) is 24.3 Å². The summed E-state index contributed by atoms with van der Waals surface area (Å²) in [6.45, 7) is 0. The topological polar surface area (TPSA) is 79.6 Å². The number of barbiturate groups is 1. The van der Waals surface area contributed by atoms with Crippen LogP contribution in [0.3, 0.4) is 0 Å². The number of carbonyl (C=O) groups is 3. The van der Waals surface area contributed by atoms with Gasteiger partial charge in [0, 0.05) is 10.0 Å². The summed E-state index contributed by atoms with van der Waals surface area (Å²) in [5, 5.41) is 2.11. The Kier molecular flexibility index (Phi) is 4.85. The van der Waals surface area contributed by atoms with Crippen LogP contribution in [-0.2, 0) is 9.59 Å². The van der Waals surface area contributed by atoms with Crippen molar-refractivity contribution < 1.29 is 23.2 Å². The van der Waals surface area contributed by atoms with Crippen molar-refractivity contribution in [2.45, 2.75) is 0 Å². The van der Waals surface area contributed by atoms with Gasteiger partial charge in [0.25, 0.3) is 11.8 Å². The molecule has 144 valence electrons. The number of furan rings is 1. The third-order valence-electron chi connectivity index (χ3n) is 4.21. The Hall–Kier alpha value is -3.52. The lowest BCUT2D eigenvalue weighted by molar-refractivity contribution is -0.122. The maximum Gasteiger partial charge on any atom is 0.335 e. The Balaban J connectivity index is 1.67. The number of benzene rings is 2. The van der Waals surface area contributed by atoms with E-state index in [4.69, 9.17) is 4.42 Å². The number of nitrogens with one attached hydrogen (secondary N) is 1. The molecule has 4 amide bonds. The standard InChI is InChI=1S/C21H12BrFN2O4/c22-13-3-1-2-12(10-13)18-9-8-16(29-18)11-17-19(26)24-21(28)25(20(17)27)15-6-4-14(23)5-7-15/h1-11H,(H,24,26,28)/b17-11+. The van der Waals surface area contributed by atoms with Gasteiger partial charge in [-0.25, -0.2) is 14.1 Å². The van der Waals surface area contributed by atoms with Crippen molar-refractivity contribution in [1.82, 2.24) is 5.32 Å². The van der Waals surface area contributed by atoms with E-state index in [0.29, 0.717) is 5.76 Å².